The number of nitrogens with one attached hydrogen (secondary N) is 1. The highest BCUT2D eigenvalue weighted by molar-refractivity contribution is 5.85. The van der Waals surface area contributed by atoms with Gasteiger partial charge >= 0.3 is 0 Å². The minimum atomic E-state index is 0. The number of aromatic nitrogens is 4. The molecule has 0 amide bonds. The first-order chi connectivity index (χ1) is 11.4. The molecule has 124 valence electrons. The molecule has 1 aromatic carbocycles. The molecule has 0 radical (unpaired) electrons. The zero-order chi connectivity index (χ0) is 15.2. The molecule has 2 aromatic heterocycles. The molecular weight excluding hydrogens is 322 g/mol. The average Bonchev–Trinajstić information content (AvgIpc) is 3.31. The Bertz CT molecular complexity index is 856. The maximum atomic E-state index is 4.77. The van der Waals surface area contributed by atoms with E-state index in [1.807, 2.05) is 6.20 Å². The molecule has 1 aliphatic carbocycles. The predicted octanol–water partition coefficient (Wildman–Crippen LogP) is 2.75. The van der Waals surface area contributed by atoms with E-state index in [9.17, 15) is 0 Å². The van der Waals surface area contributed by atoms with E-state index in [1.165, 1.54) is 35.3 Å². The van der Waals surface area contributed by atoms with Crippen molar-refractivity contribution in [3.05, 3.63) is 53.5 Å². The molecule has 0 fully saturated rings. The molecule has 24 heavy (non-hydrogen) atoms. The highest BCUT2D eigenvalue weighted by Gasteiger charge is 2.20. The summed E-state index contributed by atoms with van der Waals surface area (Å²) in [6.07, 6.45) is 7.53. The molecule has 5 nitrogen and oxygen atoms in total. The molecule has 0 spiro atoms. The van der Waals surface area contributed by atoms with Gasteiger partial charge in [-0.05, 0) is 42.5 Å². The van der Waals surface area contributed by atoms with E-state index < -0.39 is 0 Å². The van der Waals surface area contributed by atoms with Crippen molar-refractivity contribution in [2.45, 2.75) is 32.4 Å². The second-order valence-electron chi connectivity index (χ2n) is 6.31. The van der Waals surface area contributed by atoms with E-state index >= 15 is 0 Å². The van der Waals surface area contributed by atoms with Gasteiger partial charge in [0.1, 0.15) is 5.69 Å². The summed E-state index contributed by atoms with van der Waals surface area (Å²) >= 11 is 0. The Morgan fingerprint density at radius 3 is 3.04 bits per heavy atom. The number of benzene rings is 1. The Balaban J connectivity index is 0.00000146. The standard InChI is InChI=1S/C18H19N5.ClH/c1-3-13-4-2-6-17(15(13)5-1)22-9-8-20-18(22)16-11-14-12-19-7-10-23(14)21-16;/h2,4,6,8-9,11,19H,1,3,5,7,10,12H2;1H. The molecule has 0 atom stereocenters. The molecular formula is C18H20ClN5. The van der Waals surface area contributed by atoms with Crippen LogP contribution in [-0.2, 0) is 25.9 Å². The fourth-order valence-electron chi connectivity index (χ4n) is 3.81. The summed E-state index contributed by atoms with van der Waals surface area (Å²) in [5.74, 6) is 0.937. The lowest BCUT2D eigenvalue weighted by Gasteiger charge is -2.13. The zero-order valence-corrected chi connectivity index (χ0v) is 14.2. The third-order valence-corrected chi connectivity index (χ3v) is 4.92. The van der Waals surface area contributed by atoms with E-state index in [4.69, 9.17) is 5.10 Å². The average molecular weight is 342 g/mol. The summed E-state index contributed by atoms with van der Waals surface area (Å²) in [5.41, 5.74) is 6.41. The van der Waals surface area contributed by atoms with E-state index in [0.29, 0.717) is 0 Å². The summed E-state index contributed by atoms with van der Waals surface area (Å²) in [5, 5.41) is 8.16. The lowest BCUT2D eigenvalue weighted by atomic mass is 10.1. The van der Waals surface area contributed by atoms with Gasteiger partial charge in [0.2, 0.25) is 0 Å². The van der Waals surface area contributed by atoms with Gasteiger partial charge in [0.15, 0.2) is 5.82 Å². The molecule has 0 saturated carbocycles. The molecule has 6 heteroatoms. The summed E-state index contributed by atoms with van der Waals surface area (Å²) in [7, 11) is 0. The van der Waals surface area contributed by atoms with Crippen LogP contribution in [0.25, 0.3) is 17.2 Å². The fourth-order valence-corrected chi connectivity index (χ4v) is 3.81. The number of hydrogen-bond donors (Lipinski definition) is 1. The molecule has 1 N–H and O–H groups in total. The molecule has 0 saturated heterocycles. The normalized spacial score (nSPS) is 15.7. The number of hydrogen-bond acceptors (Lipinski definition) is 3. The quantitative estimate of drug-likeness (QED) is 0.779. The van der Waals surface area contributed by atoms with Crippen molar-refractivity contribution in [3.63, 3.8) is 0 Å². The molecule has 2 aliphatic rings. The van der Waals surface area contributed by atoms with E-state index in [2.05, 4.69) is 50.0 Å². The third-order valence-electron chi connectivity index (χ3n) is 4.92. The smallest absolute Gasteiger partial charge is 0.165 e. The van der Waals surface area contributed by atoms with Gasteiger partial charge in [-0.1, -0.05) is 12.1 Å². The first-order valence-electron chi connectivity index (χ1n) is 8.32. The Kier molecular flexibility index (Phi) is 3.90. The van der Waals surface area contributed by atoms with E-state index in [-0.39, 0.29) is 12.4 Å². The van der Waals surface area contributed by atoms with Crippen molar-refractivity contribution >= 4 is 12.4 Å². The summed E-state index contributed by atoms with van der Waals surface area (Å²) < 4.78 is 4.30. The minimum Gasteiger partial charge on any atom is -0.309 e. The highest BCUT2D eigenvalue weighted by Crippen LogP contribution is 2.30. The first kappa shape index (κ1) is 15.4. The van der Waals surface area contributed by atoms with Crippen LogP contribution in [0.15, 0.2) is 36.7 Å². The van der Waals surface area contributed by atoms with E-state index in [0.717, 1.165) is 37.6 Å². The number of nitrogens with zero attached hydrogens (tertiary/aromatic N) is 4. The lowest BCUT2D eigenvalue weighted by molar-refractivity contribution is 0.476. The maximum absolute atomic E-state index is 4.77. The number of halogens is 1. The number of rotatable bonds is 2. The summed E-state index contributed by atoms with van der Waals surface area (Å²) in [6, 6.07) is 8.77. The summed E-state index contributed by atoms with van der Waals surface area (Å²) in [6.45, 7) is 2.79. The highest BCUT2D eigenvalue weighted by atomic mass is 35.5. The topological polar surface area (TPSA) is 47.7 Å². The van der Waals surface area contributed by atoms with Gasteiger partial charge in [-0.3, -0.25) is 9.25 Å². The second-order valence-corrected chi connectivity index (χ2v) is 6.31. The van der Waals surface area contributed by atoms with Crippen molar-refractivity contribution in [1.82, 2.24) is 24.6 Å². The third kappa shape index (κ3) is 2.36. The van der Waals surface area contributed by atoms with Crippen LogP contribution < -0.4 is 5.32 Å². The SMILES string of the molecule is Cl.c1cc2c(c(-n3ccnc3-c3cc4n(n3)CCNC4)c1)CCC2. The summed E-state index contributed by atoms with van der Waals surface area (Å²) in [4.78, 5) is 4.60. The van der Waals surface area contributed by atoms with Gasteiger partial charge < -0.3 is 5.32 Å². The van der Waals surface area contributed by atoms with E-state index in [1.54, 1.807) is 0 Å². The lowest BCUT2D eigenvalue weighted by Crippen LogP contribution is -2.28. The second kappa shape index (κ2) is 6.07. The van der Waals surface area contributed by atoms with Crippen LogP contribution in [0.2, 0.25) is 0 Å². The monoisotopic (exact) mass is 341 g/mol. The van der Waals surface area contributed by atoms with Crippen LogP contribution in [0, 0.1) is 0 Å². The molecule has 1 aliphatic heterocycles. The van der Waals surface area contributed by atoms with Crippen LogP contribution in [0.3, 0.4) is 0 Å². The van der Waals surface area contributed by atoms with Gasteiger partial charge in [0, 0.05) is 25.5 Å². The Labute approximate surface area is 147 Å². The van der Waals surface area contributed by atoms with Crippen LogP contribution in [0.4, 0.5) is 0 Å². The van der Waals surface area contributed by atoms with Gasteiger partial charge in [0.25, 0.3) is 0 Å². The Hall–Kier alpha value is -2.11. The van der Waals surface area contributed by atoms with Crippen LogP contribution in [0.5, 0.6) is 0 Å². The van der Waals surface area contributed by atoms with Crippen LogP contribution in [0.1, 0.15) is 23.2 Å². The van der Waals surface area contributed by atoms with Crippen molar-refractivity contribution in [3.8, 4) is 17.2 Å². The van der Waals surface area contributed by atoms with Gasteiger partial charge in [-0.2, -0.15) is 5.10 Å². The molecule has 0 unspecified atom stereocenters. The molecule has 5 rings (SSSR count). The van der Waals surface area contributed by atoms with Crippen molar-refractivity contribution in [2.75, 3.05) is 6.54 Å². The van der Waals surface area contributed by atoms with Gasteiger partial charge in [-0.15, -0.1) is 12.4 Å². The Morgan fingerprint density at radius 2 is 2.12 bits per heavy atom. The zero-order valence-electron chi connectivity index (χ0n) is 13.4. The van der Waals surface area contributed by atoms with Gasteiger partial charge in [0.05, 0.1) is 17.9 Å². The largest absolute Gasteiger partial charge is 0.309 e. The number of fused-ring (bicyclic) bond motifs is 2. The predicted molar refractivity (Wildman–Crippen MR) is 95.8 cm³/mol. The van der Waals surface area contributed by atoms with Crippen LogP contribution >= 0.6 is 12.4 Å². The number of aryl methyl sites for hydroxylation is 1. The van der Waals surface area contributed by atoms with Crippen LogP contribution in [-0.4, -0.2) is 25.9 Å². The number of imidazole rings is 1. The molecule has 0 bridgehead atoms. The molecule has 3 aromatic rings. The van der Waals surface area contributed by atoms with Gasteiger partial charge in [-0.25, -0.2) is 4.98 Å². The van der Waals surface area contributed by atoms with Crippen molar-refractivity contribution < 1.29 is 0 Å². The first-order valence-corrected chi connectivity index (χ1v) is 8.32. The van der Waals surface area contributed by atoms with Crippen molar-refractivity contribution in [2.24, 2.45) is 0 Å². The molecule has 3 heterocycles. The maximum Gasteiger partial charge on any atom is 0.165 e. The van der Waals surface area contributed by atoms with Crippen molar-refractivity contribution in [1.29, 1.82) is 0 Å². The Morgan fingerprint density at radius 1 is 1.17 bits per heavy atom. The minimum absolute atomic E-state index is 0. The fraction of sp³-hybridized carbons (Fsp3) is 0.333.